The number of hydrogen-bond donors (Lipinski definition) is 2. The molecule has 5 heteroatoms. The monoisotopic (exact) mass is 286 g/mol. The molecule has 0 unspecified atom stereocenters. The van der Waals surface area contributed by atoms with E-state index in [1.165, 1.54) is 0 Å². The van der Waals surface area contributed by atoms with E-state index in [9.17, 15) is 0 Å². The predicted octanol–water partition coefficient (Wildman–Crippen LogP) is 3.44. The fourth-order valence-electron chi connectivity index (χ4n) is 1.32. The first-order valence-corrected chi connectivity index (χ1v) is 6.79. The van der Waals surface area contributed by atoms with Crippen molar-refractivity contribution in [2.24, 2.45) is 0 Å². The number of benzene rings is 1. The van der Waals surface area contributed by atoms with Crippen LogP contribution >= 0.6 is 23.8 Å². The highest BCUT2D eigenvalue weighted by molar-refractivity contribution is 7.80. The number of thiocarbonyl (C=S) groups is 1. The van der Waals surface area contributed by atoms with Crippen LogP contribution < -0.4 is 10.6 Å². The molecule has 2 N–H and O–H groups in total. The maximum atomic E-state index is 6.02. The fourth-order valence-corrected chi connectivity index (χ4v) is 1.72. The maximum absolute atomic E-state index is 6.02. The van der Waals surface area contributed by atoms with Crippen molar-refractivity contribution < 1.29 is 4.74 Å². The van der Waals surface area contributed by atoms with Gasteiger partial charge in [-0.15, -0.1) is 0 Å². The van der Waals surface area contributed by atoms with Gasteiger partial charge in [0.05, 0.1) is 16.8 Å². The molecule has 100 valence electrons. The molecule has 0 spiro atoms. The van der Waals surface area contributed by atoms with E-state index in [0.717, 1.165) is 25.3 Å². The molecule has 0 radical (unpaired) electrons. The van der Waals surface area contributed by atoms with Crippen LogP contribution in [0.15, 0.2) is 24.3 Å². The van der Waals surface area contributed by atoms with Gasteiger partial charge in [-0.3, -0.25) is 0 Å². The molecule has 0 saturated heterocycles. The van der Waals surface area contributed by atoms with E-state index in [4.69, 9.17) is 28.6 Å². The van der Waals surface area contributed by atoms with Gasteiger partial charge in [-0.1, -0.05) is 23.7 Å². The van der Waals surface area contributed by atoms with Crippen molar-refractivity contribution in [2.45, 2.75) is 26.4 Å². The van der Waals surface area contributed by atoms with Crippen LogP contribution in [-0.2, 0) is 4.74 Å². The Bertz CT molecular complexity index is 385. The molecule has 0 fully saturated rings. The van der Waals surface area contributed by atoms with E-state index in [0.29, 0.717) is 10.1 Å². The number of anilines is 1. The fraction of sp³-hybridized carbons (Fsp3) is 0.462. The molecule has 0 aliphatic rings. The van der Waals surface area contributed by atoms with Gasteiger partial charge in [0, 0.05) is 13.2 Å². The Hall–Kier alpha value is -0.840. The van der Waals surface area contributed by atoms with Gasteiger partial charge in [-0.2, -0.15) is 0 Å². The molecule has 1 aromatic rings. The molecular weight excluding hydrogens is 268 g/mol. The zero-order valence-electron chi connectivity index (χ0n) is 10.7. The summed E-state index contributed by atoms with van der Waals surface area (Å²) < 4.78 is 5.44. The molecule has 0 aliphatic carbocycles. The molecule has 0 aliphatic heterocycles. The third-order valence-corrected chi connectivity index (χ3v) is 2.76. The summed E-state index contributed by atoms with van der Waals surface area (Å²) in [7, 11) is 0. The molecule has 0 aromatic heterocycles. The number of hydrogen-bond acceptors (Lipinski definition) is 2. The van der Waals surface area contributed by atoms with Gasteiger partial charge < -0.3 is 15.4 Å². The Labute approximate surface area is 119 Å². The molecule has 0 atom stereocenters. The van der Waals surface area contributed by atoms with Crippen LogP contribution in [0, 0.1) is 0 Å². The van der Waals surface area contributed by atoms with Gasteiger partial charge >= 0.3 is 0 Å². The topological polar surface area (TPSA) is 33.3 Å². The van der Waals surface area contributed by atoms with Crippen LogP contribution in [0.2, 0.25) is 5.02 Å². The van der Waals surface area contributed by atoms with Crippen molar-refractivity contribution in [3.05, 3.63) is 29.3 Å². The van der Waals surface area contributed by atoms with Gasteiger partial charge in [-0.05, 0) is 44.6 Å². The Morgan fingerprint density at radius 3 is 2.78 bits per heavy atom. The van der Waals surface area contributed by atoms with E-state index in [1.807, 2.05) is 38.1 Å². The zero-order chi connectivity index (χ0) is 13.4. The summed E-state index contributed by atoms with van der Waals surface area (Å²) in [4.78, 5) is 0. The normalized spacial score (nSPS) is 10.4. The van der Waals surface area contributed by atoms with E-state index >= 15 is 0 Å². The maximum Gasteiger partial charge on any atom is 0.170 e. The highest BCUT2D eigenvalue weighted by atomic mass is 35.5. The summed E-state index contributed by atoms with van der Waals surface area (Å²) in [5.41, 5.74) is 0.815. The van der Waals surface area contributed by atoms with Gasteiger partial charge in [0.25, 0.3) is 0 Å². The minimum atomic E-state index is 0.276. The lowest BCUT2D eigenvalue weighted by Gasteiger charge is -2.12. The van der Waals surface area contributed by atoms with E-state index < -0.39 is 0 Å². The lowest BCUT2D eigenvalue weighted by atomic mass is 10.3. The predicted molar refractivity (Wildman–Crippen MR) is 81.4 cm³/mol. The highest BCUT2D eigenvalue weighted by Crippen LogP contribution is 2.19. The van der Waals surface area contributed by atoms with E-state index in [-0.39, 0.29) is 6.10 Å². The Balaban J connectivity index is 2.20. The number of para-hydroxylation sites is 1. The van der Waals surface area contributed by atoms with Crippen molar-refractivity contribution in [2.75, 3.05) is 18.5 Å². The second kappa shape index (κ2) is 8.29. The summed E-state index contributed by atoms with van der Waals surface area (Å²) in [6, 6.07) is 7.50. The van der Waals surface area contributed by atoms with Crippen molar-refractivity contribution in [1.29, 1.82) is 0 Å². The molecule has 0 heterocycles. The first-order valence-electron chi connectivity index (χ1n) is 6.00. The van der Waals surface area contributed by atoms with Crippen LogP contribution in [0.25, 0.3) is 0 Å². The van der Waals surface area contributed by atoms with Crippen molar-refractivity contribution in [3.8, 4) is 0 Å². The summed E-state index contributed by atoms with van der Waals surface area (Å²) in [5.74, 6) is 0. The quantitative estimate of drug-likeness (QED) is 0.620. The average Bonchev–Trinajstić information content (AvgIpc) is 2.31. The summed E-state index contributed by atoms with van der Waals surface area (Å²) in [5, 5.41) is 7.40. The SMILES string of the molecule is CC(C)OCCCNC(=S)Nc1ccccc1Cl. The molecule has 0 amide bonds. The smallest absolute Gasteiger partial charge is 0.170 e. The summed E-state index contributed by atoms with van der Waals surface area (Å²) in [6.07, 6.45) is 1.20. The van der Waals surface area contributed by atoms with Crippen molar-refractivity contribution >= 4 is 34.6 Å². The minimum absolute atomic E-state index is 0.276. The third kappa shape index (κ3) is 6.19. The molecule has 1 aromatic carbocycles. The minimum Gasteiger partial charge on any atom is -0.379 e. The average molecular weight is 287 g/mol. The van der Waals surface area contributed by atoms with Crippen molar-refractivity contribution in [1.82, 2.24) is 5.32 Å². The highest BCUT2D eigenvalue weighted by Gasteiger charge is 2.01. The van der Waals surface area contributed by atoms with Crippen LogP contribution in [0.1, 0.15) is 20.3 Å². The first kappa shape index (κ1) is 15.2. The first-order chi connectivity index (χ1) is 8.59. The lowest BCUT2D eigenvalue weighted by molar-refractivity contribution is 0.0777. The molecular formula is C13H19ClN2OS. The van der Waals surface area contributed by atoms with Gasteiger partial charge in [0.2, 0.25) is 0 Å². The molecule has 1 rings (SSSR count). The lowest BCUT2D eigenvalue weighted by Crippen LogP contribution is -2.30. The van der Waals surface area contributed by atoms with Gasteiger partial charge in [-0.25, -0.2) is 0 Å². The molecule has 18 heavy (non-hydrogen) atoms. The molecule has 0 saturated carbocycles. The standard InChI is InChI=1S/C13H19ClN2OS/c1-10(2)17-9-5-8-15-13(18)16-12-7-4-3-6-11(12)14/h3-4,6-7,10H,5,8-9H2,1-2H3,(H2,15,16,18). The van der Waals surface area contributed by atoms with Gasteiger partial charge in [0.1, 0.15) is 0 Å². The van der Waals surface area contributed by atoms with Crippen LogP contribution in [0.3, 0.4) is 0 Å². The Morgan fingerprint density at radius 2 is 2.11 bits per heavy atom. The summed E-state index contributed by atoms with van der Waals surface area (Å²) >= 11 is 11.2. The van der Waals surface area contributed by atoms with E-state index in [1.54, 1.807) is 0 Å². The largest absolute Gasteiger partial charge is 0.379 e. The van der Waals surface area contributed by atoms with Gasteiger partial charge in [0.15, 0.2) is 5.11 Å². The Kier molecular flexibility index (Phi) is 7.01. The van der Waals surface area contributed by atoms with Crippen LogP contribution in [0.4, 0.5) is 5.69 Å². The number of halogens is 1. The zero-order valence-corrected chi connectivity index (χ0v) is 12.3. The third-order valence-electron chi connectivity index (χ3n) is 2.18. The molecule has 3 nitrogen and oxygen atoms in total. The molecule has 0 bridgehead atoms. The Morgan fingerprint density at radius 1 is 1.39 bits per heavy atom. The van der Waals surface area contributed by atoms with Crippen molar-refractivity contribution in [3.63, 3.8) is 0 Å². The summed E-state index contributed by atoms with van der Waals surface area (Å²) in [6.45, 7) is 5.57. The van der Waals surface area contributed by atoms with E-state index in [2.05, 4.69) is 10.6 Å². The second-order valence-corrected chi connectivity index (χ2v) is 4.95. The second-order valence-electron chi connectivity index (χ2n) is 4.13. The number of rotatable bonds is 6. The van der Waals surface area contributed by atoms with Crippen LogP contribution in [-0.4, -0.2) is 24.4 Å². The number of ether oxygens (including phenoxy) is 1. The number of nitrogens with one attached hydrogen (secondary N) is 2. The van der Waals surface area contributed by atoms with Crippen LogP contribution in [0.5, 0.6) is 0 Å².